The molecule has 8 fully saturated rings. The summed E-state index contributed by atoms with van der Waals surface area (Å²) in [4.78, 5) is 18.7. The van der Waals surface area contributed by atoms with E-state index in [0.29, 0.717) is 17.1 Å². The lowest BCUT2D eigenvalue weighted by molar-refractivity contribution is -0.141. The molecule has 168 valence electrons. The Kier molecular flexibility index (Phi) is 4.44. The maximum Gasteiger partial charge on any atom is 0.149 e. The molecule has 0 spiro atoms. The maximum absolute atomic E-state index is 13.5. The molecular formula is C28H34N2OS. The van der Waals surface area contributed by atoms with Crippen LogP contribution in [0.3, 0.4) is 0 Å². The summed E-state index contributed by atoms with van der Waals surface area (Å²) in [5.41, 5.74) is 2.07. The molecule has 4 heteroatoms. The van der Waals surface area contributed by atoms with E-state index in [4.69, 9.17) is 4.98 Å². The number of hydrogen-bond acceptors (Lipinski definition) is 4. The zero-order valence-corrected chi connectivity index (χ0v) is 19.8. The van der Waals surface area contributed by atoms with E-state index < -0.39 is 0 Å². The smallest absolute Gasteiger partial charge is 0.149 e. The van der Waals surface area contributed by atoms with Gasteiger partial charge in [-0.05, 0) is 125 Å². The van der Waals surface area contributed by atoms with Crippen molar-refractivity contribution in [3.8, 4) is 6.07 Å². The van der Waals surface area contributed by atoms with E-state index >= 15 is 0 Å². The number of carbonyl (C=O) groups excluding carboxylic acids is 1. The molecule has 0 aliphatic heterocycles. The Hall–Kier alpha value is -1.34. The van der Waals surface area contributed by atoms with Crippen LogP contribution < -0.4 is 0 Å². The highest BCUT2D eigenvalue weighted by Crippen LogP contribution is 2.62. The van der Waals surface area contributed by atoms with Crippen molar-refractivity contribution in [2.45, 2.75) is 87.5 Å². The van der Waals surface area contributed by atoms with Crippen LogP contribution in [0.5, 0.6) is 0 Å². The molecule has 32 heavy (non-hydrogen) atoms. The van der Waals surface area contributed by atoms with Gasteiger partial charge < -0.3 is 0 Å². The number of carbonyl (C=O) groups is 1. The highest BCUT2D eigenvalue weighted by atomic mass is 32.2. The van der Waals surface area contributed by atoms with Crippen LogP contribution in [0.25, 0.3) is 0 Å². The van der Waals surface area contributed by atoms with Crippen LogP contribution in [0, 0.1) is 52.3 Å². The Bertz CT molecular complexity index is 937. The fourth-order valence-corrected chi connectivity index (χ4v) is 11.1. The van der Waals surface area contributed by atoms with Gasteiger partial charge >= 0.3 is 0 Å². The minimum Gasteiger partial charge on any atom is -0.298 e. The first kappa shape index (κ1) is 20.1. The van der Waals surface area contributed by atoms with E-state index in [1.54, 1.807) is 11.8 Å². The van der Waals surface area contributed by atoms with Gasteiger partial charge in [0.1, 0.15) is 16.9 Å². The molecule has 8 saturated carbocycles. The number of nitriles is 1. The summed E-state index contributed by atoms with van der Waals surface area (Å²) >= 11 is 1.56. The molecule has 0 radical (unpaired) electrons. The van der Waals surface area contributed by atoms with Gasteiger partial charge in [-0.2, -0.15) is 5.26 Å². The minimum absolute atomic E-state index is 0.0495. The lowest BCUT2D eigenvalue weighted by Crippen LogP contribution is -2.50. The van der Waals surface area contributed by atoms with Crippen molar-refractivity contribution < 1.29 is 4.79 Å². The molecule has 0 N–H and O–H groups in total. The molecular weight excluding hydrogens is 412 g/mol. The Balaban J connectivity index is 1.13. The molecule has 8 bridgehead atoms. The van der Waals surface area contributed by atoms with E-state index in [1.165, 1.54) is 63.5 Å². The average Bonchev–Trinajstić information content (AvgIpc) is 2.75. The Morgan fingerprint density at radius 1 is 0.875 bits per heavy atom. The van der Waals surface area contributed by atoms with Crippen LogP contribution in [-0.2, 0) is 10.2 Å². The number of hydrogen-bond donors (Lipinski definition) is 0. The molecule has 8 aliphatic carbocycles. The van der Waals surface area contributed by atoms with Crippen LogP contribution in [0.15, 0.2) is 17.2 Å². The molecule has 0 unspecified atom stereocenters. The van der Waals surface area contributed by atoms with Crippen molar-refractivity contribution >= 4 is 17.5 Å². The van der Waals surface area contributed by atoms with Gasteiger partial charge in [0.2, 0.25) is 0 Å². The predicted octanol–water partition coefficient (Wildman–Crippen LogP) is 6.30. The third-order valence-electron chi connectivity index (χ3n) is 10.5. The number of pyridine rings is 1. The first-order valence-corrected chi connectivity index (χ1v) is 14.1. The molecule has 0 aromatic carbocycles. The SMILES string of the molecule is N#Cc1ccc(C23CC4CC(CC(C4)C2)C3)nc1SCC(=O)C12CC3CC(CC(C3)C1)C2. The first-order chi connectivity index (χ1) is 15.5. The van der Waals surface area contributed by atoms with Crippen LogP contribution in [0.1, 0.15) is 88.3 Å². The Labute approximate surface area is 196 Å². The van der Waals surface area contributed by atoms with Gasteiger partial charge in [0.25, 0.3) is 0 Å². The summed E-state index contributed by atoms with van der Waals surface area (Å²) in [6.07, 6.45) is 15.6. The summed E-state index contributed by atoms with van der Waals surface area (Å²) < 4.78 is 0. The molecule has 0 saturated heterocycles. The van der Waals surface area contributed by atoms with Crippen molar-refractivity contribution in [2.24, 2.45) is 40.9 Å². The zero-order chi connectivity index (χ0) is 21.5. The Morgan fingerprint density at radius 3 is 1.88 bits per heavy atom. The van der Waals surface area contributed by atoms with Crippen molar-refractivity contribution in [1.29, 1.82) is 5.26 Å². The summed E-state index contributed by atoms with van der Waals surface area (Å²) in [5.74, 6) is 5.98. The molecule has 0 amide bonds. The number of Topliss-reactive ketones (excluding diaryl/α,β-unsaturated/α-hetero) is 1. The molecule has 8 aliphatic rings. The Morgan fingerprint density at radius 2 is 1.38 bits per heavy atom. The maximum atomic E-state index is 13.5. The second-order valence-electron chi connectivity index (χ2n) is 12.8. The van der Waals surface area contributed by atoms with Gasteiger partial charge in [-0.1, -0.05) is 11.8 Å². The van der Waals surface area contributed by atoms with Gasteiger partial charge in [-0.15, -0.1) is 0 Å². The highest BCUT2D eigenvalue weighted by molar-refractivity contribution is 8.00. The standard InChI is InChI=1S/C28H34N2OS/c29-15-23-1-2-24(27-9-17-3-18(10-27)5-19(4-17)11-27)30-26(23)32-16-25(31)28-12-20-6-21(13-28)8-22(7-20)14-28/h1-2,17-22H,3-14,16H2. The number of rotatable bonds is 5. The minimum atomic E-state index is -0.0495. The number of aromatic nitrogens is 1. The monoisotopic (exact) mass is 446 g/mol. The second-order valence-corrected chi connectivity index (χ2v) is 13.7. The molecule has 9 rings (SSSR count). The largest absolute Gasteiger partial charge is 0.298 e. The van der Waals surface area contributed by atoms with E-state index in [2.05, 4.69) is 12.1 Å². The fourth-order valence-electron chi connectivity index (χ4n) is 10.1. The van der Waals surface area contributed by atoms with Crippen LogP contribution in [0.2, 0.25) is 0 Å². The van der Waals surface area contributed by atoms with E-state index in [0.717, 1.165) is 59.8 Å². The number of thioether (sulfide) groups is 1. The molecule has 1 aromatic heterocycles. The molecule has 1 aromatic rings. The molecule has 0 atom stereocenters. The van der Waals surface area contributed by atoms with Gasteiger partial charge in [0.15, 0.2) is 0 Å². The summed E-state index contributed by atoms with van der Waals surface area (Å²) in [6, 6.07) is 6.51. The average molecular weight is 447 g/mol. The topological polar surface area (TPSA) is 53.8 Å². The van der Waals surface area contributed by atoms with Crippen molar-refractivity contribution in [3.05, 3.63) is 23.4 Å². The number of nitrogens with zero attached hydrogens (tertiary/aromatic N) is 2. The van der Waals surface area contributed by atoms with Gasteiger partial charge in [-0.25, -0.2) is 4.98 Å². The van der Waals surface area contributed by atoms with Crippen LogP contribution in [0.4, 0.5) is 0 Å². The van der Waals surface area contributed by atoms with Crippen LogP contribution >= 0.6 is 11.8 Å². The lowest BCUT2D eigenvalue weighted by Gasteiger charge is -2.56. The molecule has 3 nitrogen and oxygen atoms in total. The normalized spacial score (nSPS) is 45.2. The quantitative estimate of drug-likeness (QED) is 0.498. The fraction of sp³-hybridized carbons (Fsp3) is 0.750. The highest BCUT2D eigenvalue weighted by Gasteiger charge is 2.54. The predicted molar refractivity (Wildman–Crippen MR) is 125 cm³/mol. The first-order valence-electron chi connectivity index (χ1n) is 13.1. The summed E-state index contributed by atoms with van der Waals surface area (Å²) in [5, 5.41) is 10.6. The summed E-state index contributed by atoms with van der Waals surface area (Å²) in [6.45, 7) is 0. The van der Waals surface area contributed by atoms with Crippen molar-refractivity contribution in [1.82, 2.24) is 4.98 Å². The number of ketones is 1. The van der Waals surface area contributed by atoms with E-state index in [9.17, 15) is 10.1 Å². The van der Waals surface area contributed by atoms with E-state index in [-0.39, 0.29) is 10.8 Å². The van der Waals surface area contributed by atoms with Gasteiger partial charge in [0.05, 0.1) is 11.3 Å². The second kappa shape index (κ2) is 7.08. The van der Waals surface area contributed by atoms with E-state index in [1.807, 2.05) is 6.07 Å². The van der Waals surface area contributed by atoms with Crippen molar-refractivity contribution in [2.75, 3.05) is 5.75 Å². The zero-order valence-electron chi connectivity index (χ0n) is 19.0. The van der Waals surface area contributed by atoms with Gasteiger partial charge in [-0.3, -0.25) is 4.79 Å². The lowest BCUT2D eigenvalue weighted by atomic mass is 9.48. The summed E-state index contributed by atoms with van der Waals surface area (Å²) in [7, 11) is 0. The van der Waals surface area contributed by atoms with Gasteiger partial charge in [0, 0.05) is 16.5 Å². The third kappa shape index (κ3) is 3.06. The van der Waals surface area contributed by atoms with Crippen LogP contribution in [-0.4, -0.2) is 16.5 Å². The third-order valence-corrected chi connectivity index (χ3v) is 11.5. The molecule has 1 heterocycles. The van der Waals surface area contributed by atoms with Crippen molar-refractivity contribution in [3.63, 3.8) is 0 Å².